The van der Waals surface area contributed by atoms with Crippen molar-refractivity contribution in [3.05, 3.63) is 53.3 Å². The summed E-state index contributed by atoms with van der Waals surface area (Å²) in [5.41, 5.74) is 1.22. The summed E-state index contributed by atoms with van der Waals surface area (Å²) in [6, 6.07) is 6.10. The van der Waals surface area contributed by atoms with Gasteiger partial charge in [0, 0.05) is 18.0 Å². The molecule has 5 heteroatoms. The minimum Gasteiger partial charge on any atom is -0.478 e. The molecular weight excluding hydrogens is 246 g/mol. The van der Waals surface area contributed by atoms with Crippen LogP contribution in [0.1, 0.15) is 26.3 Å². The molecule has 0 aliphatic carbocycles. The van der Waals surface area contributed by atoms with Gasteiger partial charge in [-0.25, -0.2) is 9.59 Å². The molecule has 0 radical (unpaired) electrons. The number of rotatable bonds is 3. The lowest BCUT2D eigenvalue weighted by molar-refractivity contribution is 0.0695. The Morgan fingerprint density at radius 2 is 1.63 bits per heavy atom. The molecule has 0 aliphatic rings. The van der Waals surface area contributed by atoms with Gasteiger partial charge in [0.1, 0.15) is 0 Å². The minimum absolute atomic E-state index is 0.00565. The van der Waals surface area contributed by atoms with Crippen LogP contribution in [0.5, 0.6) is 0 Å². The summed E-state index contributed by atoms with van der Waals surface area (Å²) in [5, 5.41) is 18.5. The van der Waals surface area contributed by atoms with Crippen molar-refractivity contribution in [2.75, 3.05) is 0 Å². The molecule has 0 atom stereocenters. The molecule has 0 saturated heterocycles. The van der Waals surface area contributed by atoms with Crippen molar-refractivity contribution in [3.63, 3.8) is 0 Å². The lowest BCUT2D eigenvalue weighted by Crippen LogP contribution is -2.09. The third-order valence-electron chi connectivity index (χ3n) is 2.83. The molecule has 0 bridgehead atoms. The Morgan fingerprint density at radius 3 is 2.16 bits per heavy atom. The normalized spacial score (nSPS) is 10.2. The number of hydrogen-bond donors (Lipinski definition) is 2. The first kappa shape index (κ1) is 12.8. The maximum absolute atomic E-state index is 11.4. The first-order valence-electron chi connectivity index (χ1n) is 5.53. The fourth-order valence-electron chi connectivity index (χ4n) is 1.98. The van der Waals surface area contributed by atoms with Crippen molar-refractivity contribution in [1.29, 1.82) is 0 Å². The molecule has 96 valence electrons. The van der Waals surface area contributed by atoms with E-state index >= 15 is 0 Å². The van der Waals surface area contributed by atoms with Gasteiger partial charge in [0.15, 0.2) is 0 Å². The third kappa shape index (κ3) is 2.30. The number of carboxylic acid groups (broad SMARTS) is 2. The average molecular weight is 257 g/mol. The van der Waals surface area contributed by atoms with E-state index in [1.165, 1.54) is 24.5 Å². The second-order valence-electron chi connectivity index (χ2n) is 4.03. The molecule has 19 heavy (non-hydrogen) atoms. The summed E-state index contributed by atoms with van der Waals surface area (Å²) in [4.78, 5) is 26.5. The van der Waals surface area contributed by atoms with Crippen molar-refractivity contribution in [1.82, 2.24) is 4.98 Å². The van der Waals surface area contributed by atoms with Crippen molar-refractivity contribution in [2.24, 2.45) is 0 Å². The lowest BCUT2D eigenvalue weighted by Gasteiger charge is -2.12. The third-order valence-corrected chi connectivity index (χ3v) is 2.83. The van der Waals surface area contributed by atoms with Crippen LogP contribution in [-0.4, -0.2) is 27.1 Å². The molecule has 0 unspecified atom stereocenters. The predicted molar refractivity (Wildman–Crippen MR) is 68.3 cm³/mol. The Kier molecular flexibility index (Phi) is 3.29. The highest BCUT2D eigenvalue weighted by Crippen LogP contribution is 2.30. The maximum atomic E-state index is 11.4. The van der Waals surface area contributed by atoms with Crippen LogP contribution >= 0.6 is 0 Å². The Morgan fingerprint density at radius 1 is 1.00 bits per heavy atom. The summed E-state index contributed by atoms with van der Waals surface area (Å²) in [5.74, 6) is -2.30. The smallest absolute Gasteiger partial charge is 0.336 e. The fourth-order valence-corrected chi connectivity index (χ4v) is 1.98. The summed E-state index contributed by atoms with van der Waals surface area (Å²) in [6.07, 6.45) is 2.99. The predicted octanol–water partition coefficient (Wildman–Crippen LogP) is 2.45. The van der Waals surface area contributed by atoms with Gasteiger partial charge in [0.25, 0.3) is 0 Å². The van der Waals surface area contributed by atoms with Gasteiger partial charge in [-0.05, 0) is 36.2 Å². The van der Waals surface area contributed by atoms with E-state index in [9.17, 15) is 19.8 Å². The Labute approximate surface area is 109 Å². The highest BCUT2D eigenvalue weighted by atomic mass is 16.4. The van der Waals surface area contributed by atoms with Crippen molar-refractivity contribution >= 4 is 11.9 Å². The number of benzene rings is 1. The van der Waals surface area contributed by atoms with Crippen LogP contribution in [0.4, 0.5) is 0 Å². The average Bonchev–Trinajstić information content (AvgIpc) is 2.38. The summed E-state index contributed by atoms with van der Waals surface area (Å²) < 4.78 is 0. The van der Waals surface area contributed by atoms with E-state index < -0.39 is 11.9 Å². The Bertz CT molecular complexity index is 650. The zero-order valence-electron chi connectivity index (χ0n) is 10.1. The van der Waals surface area contributed by atoms with E-state index in [1.807, 2.05) is 0 Å². The first-order valence-corrected chi connectivity index (χ1v) is 5.53. The molecule has 2 rings (SSSR count). The summed E-state index contributed by atoms with van der Waals surface area (Å²) in [6.45, 7) is 1.64. The second kappa shape index (κ2) is 4.89. The molecule has 0 aliphatic heterocycles. The molecule has 0 fully saturated rings. The molecule has 0 spiro atoms. The van der Waals surface area contributed by atoms with Gasteiger partial charge in [0.2, 0.25) is 0 Å². The summed E-state index contributed by atoms with van der Waals surface area (Å²) >= 11 is 0. The van der Waals surface area contributed by atoms with Gasteiger partial charge >= 0.3 is 11.9 Å². The number of aromatic carboxylic acids is 2. The van der Waals surface area contributed by atoms with E-state index in [4.69, 9.17) is 0 Å². The first-order chi connectivity index (χ1) is 9.02. The molecule has 1 heterocycles. The molecule has 5 nitrogen and oxygen atoms in total. The van der Waals surface area contributed by atoms with Gasteiger partial charge in [-0.1, -0.05) is 6.07 Å². The number of pyridine rings is 1. The Hall–Kier alpha value is -2.69. The summed E-state index contributed by atoms with van der Waals surface area (Å²) in [7, 11) is 0. The quantitative estimate of drug-likeness (QED) is 0.881. The van der Waals surface area contributed by atoms with Crippen molar-refractivity contribution < 1.29 is 19.8 Å². The maximum Gasteiger partial charge on any atom is 0.336 e. The number of aryl methyl sites for hydroxylation is 1. The zero-order valence-corrected chi connectivity index (χ0v) is 10.1. The van der Waals surface area contributed by atoms with Crippen LogP contribution in [0.3, 0.4) is 0 Å². The highest BCUT2D eigenvalue weighted by molar-refractivity contribution is 6.05. The van der Waals surface area contributed by atoms with E-state index in [-0.39, 0.29) is 16.7 Å². The lowest BCUT2D eigenvalue weighted by atomic mass is 9.91. The Balaban J connectivity index is 2.85. The number of carbonyl (C=O) groups is 2. The minimum atomic E-state index is -1.16. The monoisotopic (exact) mass is 257 g/mol. The van der Waals surface area contributed by atoms with Crippen LogP contribution in [0.15, 0.2) is 36.7 Å². The van der Waals surface area contributed by atoms with Gasteiger partial charge in [-0.15, -0.1) is 0 Å². The highest BCUT2D eigenvalue weighted by Gasteiger charge is 2.21. The largest absolute Gasteiger partial charge is 0.478 e. The molecule has 1 aromatic heterocycles. The number of carboxylic acids is 2. The topological polar surface area (TPSA) is 87.5 Å². The molecule has 2 aromatic rings. The second-order valence-corrected chi connectivity index (χ2v) is 4.03. The van der Waals surface area contributed by atoms with E-state index in [0.29, 0.717) is 11.1 Å². The van der Waals surface area contributed by atoms with E-state index in [2.05, 4.69) is 4.98 Å². The van der Waals surface area contributed by atoms with Crippen molar-refractivity contribution in [3.8, 4) is 11.1 Å². The number of hydrogen-bond acceptors (Lipinski definition) is 3. The van der Waals surface area contributed by atoms with Crippen LogP contribution in [0, 0.1) is 6.92 Å². The van der Waals surface area contributed by atoms with Crippen LogP contribution in [0.25, 0.3) is 11.1 Å². The molecule has 2 N–H and O–H groups in total. The molecule has 1 aromatic carbocycles. The van der Waals surface area contributed by atoms with Gasteiger partial charge in [-0.3, -0.25) is 4.98 Å². The fraction of sp³-hybridized carbons (Fsp3) is 0.0714. The van der Waals surface area contributed by atoms with Crippen LogP contribution in [0.2, 0.25) is 0 Å². The zero-order chi connectivity index (χ0) is 14.0. The molecular formula is C14H11NO4. The number of nitrogens with zero attached hydrogens (tertiary/aromatic N) is 1. The van der Waals surface area contributed by atoms with Crippen LogP contribution in [-0.2, 0) is 0 Å². The van der Waals surface area contributed by atoms with Crippen LogP contribution < -0.4 is 0 Å². The van der Waals surface area contributed by atoms with Gasteiger partial charge in [-0.2, -0.15) is 0 Å². The van der Waals surface area contributed by atoms with E-state index in [1.54, 1.807) is 19.1 Å². The molecule has 0 amide bonds. The molecule has 0 saturated carbocycles. The van der Waals surface area contributed by atoms with E-state index in [0.717, 1.165) is 0 Å². The number of aromatic nitrogens is 1. The SMILES string of the molecule is Cc1ccc(C(=O)O)c(-c2ccncc2)c1C(=O)O. The van der Waals surface area contributed by atoms with Gasteiger partial charge in [0.05, 0.1) is 11.1 Å². The van der Waals surface area contributed by atoms with Crippen molar-refractivity contribution in [2.45, 2.75) is 6.92 Å². The van der Waals surface area contributed by atoms with Gasteiger partial charge < -0.3 is 10.2 Å². The standard InChI is InChI=1S/C14H11NO4/c1-8-2-3-10(13(16)17)12(11(8)14(18)19)9-4-6-15-7-5-9/h2-7H,1H3,(H,16,17)(H,18,19).